The Labute approximate surface area is 94.9 Å². The van der Waals surface area contributed by atoms with Gasteiger partial charge in [0.25, 0.3) is 0 Å². The fourth-order valence-electron chi connectivity index (χ4n) is 2.34. The number of nitrogens with zero attached hydrogens (tertiary/aromatic N) is 2. The van der Waals surface area contributed by atoms with Crippen molar-refractivity contribution in [3.05, 3.63) is 36.3 Å². The summed E-state index contributed by atoms with van der Waals surface area (Å²) in [5.41, 5.74) is 8.98. The van der Waals surface area contributed by atoms with E-state index in [0.29, 0.717) is 0 Å². The summed E-state index contributed by atoms with van der Waals surface area (Å²) in [6, 6.07) is 8.01. The number of anilines is 1. The lowest BCUT2D eigenvalue weighted by Gasteiger charge is -2.16. The topological polar surface area (TPSA) is 43.8 Å². The molecule has 0 saturated heterocycles. The van der Waals surface area contributed by atoms with Crippen molar-refractivity contribution in [3.8, 4) is 11.3 Å². The third kappa shape index (κ3) is 1.48. The molecule has 0 saturated carbocycles. The van der Waals surface area contributed by atoms with Gasteiger partial charge in [-0.3, -0.25) is 0 Å². The van der Waals surface area contributed by atoms with Crippen LogP contribution < -0.4 is 5.73 Å². The smallest absolute Gasteiger partial charge is 0.109 e. The minimum atomic E-state index is 0.809. The van der Waals surface area contributed by atoms with Crippen molar-refractivity contribution in [2.24, 2.45) is 0 Å². The Morgan fingerprint density at radius 3 is 3.06 bits per heavy atom. The summed E-state index contributed by atoms with van der Waals surface area (Å²) in [4.78, 5) is 4.48. The molecular weight excluding hydrogens is 198 g/mol. The average molecular weight is 213 g/mol. The molecular formula is C13H15N3. The number of rotatable bonds is 1. The van der Waals surface area contributed by atoms with E-state index in [9.17, 15) is 0 Å². The predicted octanol–water partition coefficient (Wildman–Crippen LogP) is 2.47. The van der Waals surface area contributed by atoms with Crippen molar-refractivity contribution < 1.29 is 0 Å². The maximum atomic E-state index is 5.81. The molecule has 16 heavy (non-hydrogen) atoms. The molecule has 3 rings (SSSR count). The standard InChI is InChI=1S/C13H15N3/c14-11-5-3-4-10(8-11)12-9-15-13-6-1-2-7-16(12)13/h3-5,8-9H,1-2,6-7,14H2. The number of fused-ring (bicyclic) bond motifs is 1. The van der Waals surface area contributed by atoms with Crippen LogP contribution in [-0.2, 0) is 13.0 Å². The van der Waals surface area contributed by atoms with Gasteiger partial charge in [-0.1, -0.05) is 12.1 Å². The maximum absolute atomic E-state index is 5.81. The lowest BCUT2D eigenvalue weighted by Crippen LogP contribution is -2.11. The second-order valence-electron chi connectivity index (χ2n) is 4.29. The van der Waals surface area contributed by atoms with Gasteiger partial charge in [-0.2, -0.15) is 0 Å². The highest BCUT2D eigenvalue weighted by Gasteiger charge is 2.14. The summed E-state index contributed by atoms with van der Waals surface area (Å²) in [5, 5.41) is 0. The molecule has 0 aliphatic carbocycles. The highest BCUT2D eigenvalue weighted by Crippen LogP contribution is 2.26. The molecule has 2 aromatic rings. The zero-order chi connectivity index (χ0) is 11.0. The number of aryl methyl sites for hydroxylation is 1. The lowest BCUT2D eigenvalue weighted by molar-refractivity contribution is 0.526. The molecule has 0 unspecified atom stereocenters. The third-order valence-electron chi connectivity index (χ3n) is 3.15. The summed E-state index contributed by atoms with van der Waals surface area (Å²) in [6.45, 7) is 1.08. The van der Waals surface area contributed by atoms with Gasteiger partial charge in [0, 0.05) is 24.2 Å². The van der Waals surface area contributed by atoms with Gasteiger partial charge in [-0.25, -0.2) is 4.98 Å². The zero-order valence-electron chi connectivity index (χ0n) is 9.19. The van der Waals surface area contributed by atoms with Gasteiger partial charge in [0.05, 0.1) is 11.9 Å². The van der Waals surface area contributed by atoms with Crippen LogP contribution in [0.3, 0.4) is 0 Å². The Balaban J connectivity index is 2.09. The molecule has 82 valence electrons. The second kappa shape index (κ2) is 3.67. The Bertz CT molecular complexity index is 514. The summed E-state index contributed by atoms with van der Waals surface area (Å²) >= 11 is 0. The van der Waals surface area contributed by atoms with Crippen LogP contribution in [0.5, 0.6) is 0 Å². The molecule has 0 bridgehead atoms. The zero-order valence-corrected chi connectivity index (χ0v) is 9.19. The average Bonchev–Trinajstić information content (AvgIpc) is 2.72. The number of nitrogens with two attached hydrogens (primary N) is 1. The van der Waals surface area contributed by atoms with Crippen LogP contribution in [0.1, 0.15) is 18.7 Å². The van der Waals surface area contributed by atoms with Crippen LogP contribution >= 0.6 is 0 Å². The van der Waals surface area contributed by atoms with E-state index in [1.165, 1.54) is 29.9 Å². The largest absolute Gasteiger partial charge is 0.399 e. The highest BCUT2D eigenvalue weighted by atomic mass is 15.1. The Kier molecular flexibility index (Phi) is 2.17. The number of aromatic nitrogens is 2. The van der Waals surface area contributed by atoms with E-state index >= 15 is 0 Å². The number of hydrogen-bond donors (Lipinski definition) is 1. The van der Waals surface area contributed by atoms with Crippen LogP contribution in [0.25, 0.3) is 11.3 Å². The van der Waals surface area contributed by atoms with Crippen LogP contribution in [0.4, 0.5) is 5.69 Å². The minimum absolute atomic E-state index is 0.809. The molecule has 2 N–H and O–H groups in total. The van der Waals surface area contributed by atoms with Gasteiger partial charge in [0.1, 0.15) is 5.82 Å². The first-order valence-corrected chi connectivity index (χ1v) is 5.75. The maximum Gasteiger partial charge on any atom is 0.109 e. The molecule has 0 fully saturated rings. The first-order valence-electron chi connectivity index (χ1n) is 5.75. The molecule has 1 aromatic heterocycles. The van der Waals surface area contributed by atoms with Crippen LogP contribution in [0.2, 0.25) is 0 Å². The Hall–Kier alpha value is -1.77. The molecule has 1 aliphatic rings. The molecule has 0 atom stereocenters. The van der Waals surface area contributed by atoms with Crippen molar-refractivity contribution in [1.29, 1.82) is 0 Å². The van der Waals surface area contributed by atoms with E-state index < -0.39 is 0 Å². The van der Waals surface area contributed by atoms with Gasteiger partial charge < -0.3 is 10.3 Å². The van der Waals surface area contributed by atoms with Crippen molar-refractivity contribution in [3.63, 3.8) is 0 Å². The van der Waals surface area contributed by atoms with Gasteiger partial charge in [-0.15, -0.1) is 0 Å². The first-order chi connectivity index (χ1) is 7.84. The fraction of sp³-hybridized carbons (Fsp3) is 0.308. The van der Waals surface area contributed by atoms with Gasteiger partial charge in [-0.05, 0) is 25.0 Å². The first kappa shape index (κ1) is 9.46. The van der Waals surface area contributed by atoms with Gasteiger partial charge >= 0.3 is 0 Å². The molecule has 0 radical (unpaired) electrons. The van der Waals surface area contributed by atoms with E-state index in [1.807, 2.05) is 24.4 Å². The van der Waals surface area contributed by atoms with Crippen LogP contribution in [0.15, 0.2) is 30.5 Å². The molecule has 1 aromatic carbocycles. The molecule has 3 heteroatoms. The van der Waals surface area contributed by atoms with Gasteiger partial charge in [0.2, 0.25) is 0 Å². The summed E-state index contributed by atoms with van der Waals surface area (Å²) in [7, 11) is 0. The van der Waals surface area contributed by atoms with Crippen LogP contribution in [0, 0.1) is 0 Å². The molecule has 2 heterocycles. The van der Waals surface area contributed by atoms with Gasteiger partial charge in [0.15, 0.2) is 0 Å². The van der Waals surface area contributed by atoms with Crippen molar-refractivity contribution in [2.75, 3.05) is 5.73 Å². The van der Waals surface area contributed by atoms with E-state index in [0.717, 1.165) is 18.7 Å². The van der Waals surface area contributed by atoms with E-state index in [1.54, 1.807) is 0 Å². The monoisotopic (exact) mass is 213 g/mol. The quantitative estimate of drug-likeness (QED) is 0.739. The van der Waals surface area contributed by atoms with Crippen molar-refractivity contribution >= 4 is 5.69 Å². The second-order valence-corrected chi connectivity index (χ2v) is 4.29. The third-order valence-corrected chi connectivity index (χ3v) is 3.15. The van der Waals surface area contributed by atoms with Crippen LogP contribution in [-0.4, -0.2) is 9.55 Å². The van der Waals surface area contributed by atoms with Crippen molar-refractivity contribution in [2.45, 2.75) is 25.8 Å². The SMILES string of the molecule is Nc1cccc(-c2cnc3n2CCCC3)c1. The van der Waals surface area contributed by atoms with E-state index in [2.05, 4.69) is 15.6 Å². The molecule has 0 spiro atoms. The molecule has 1 aliphatic heterocycles. The summed E-state index contributed by atoms with van der Waals surface area (Å²) in [5.74, 6) is 1.21. The lowest BCUT2D eigenvalue weighted by atomic mass is 10.1. The molecule has 3 nitrogen and oxygen atoms in total. The van der Waals surface area contributed by atoms with E-state index in [4.69, 9.17) is 5.73 Å². The Morgan fingerprint density at radius 1 is 1.25 bits per heavy atom. The normalized spacial score (nSPS) is 14.8. The molecule has 0 amide bonds. The predicted molar refractivity (Wildman–Crippen MR) is 65.0 cm³/mol. The summed E-state index contributed by atoms with van der Waals surface area (Å²) < 4.78 is 2.32. The van der Waals surface area contributed by atoms with E-state index in [-0.39, 0.29) is 0 Å². The number of nitrogen functional groups attached to an aromatic ring is 1. The number of imidazole rings is 1. The van der Waals surface area contributed by atoms with Crippen molar-refractivity contribution in [1.82, 2.24) is 9.55 Å². The summed E-state index contributed by atoms with van der Waals surface area (Å²) in [6.07, 6.45) is 5.57. The number of benzene rings is 1. The highest BCUT2D eigenvalue weighted by molar-refractivity contribution is 5.64. The fourth-order valence-corrected chi connectivity index (χ4v) is 2.34. The minimum Gasteiger partial charge on any atom is -0.399 e. The Morgan fingerprint density at radius 2 is 2.19 bits per heavy atom. The number of hydrogen-bond acceptors (Lipinski definition) is 2.